The Morgan fingerprint density at radius 1 is 1.35 bits per heavy atom. The Morgan fingerprint density at radius 2 is 2.04 bits per heavy atom. The van der Waals surface area contributed by atoms with Gasteiger partial charge < -0.3 is 14.8 Å². The van der Waals surface area contributed by atoms with Crippen molar-refractivity contribution in [1.29, 1.82) is 0 Å². The van der Waals surface area contributed by atoms with Crippen LogP contribution in [0.3, 0.4) is 0 Å². The average Bonchev–Trinajstić information content (AvgIpc) is 2.45. The summed E-state index contributed by atoms with van der Waals surface area (Å²) in [6.07, 6.45) is 3.18. The lowest BCUT2D eigenvalue weighted by molar-refractivity contribution is 0.0520. The first-order valence-corrected chi connectivity index (χ1v) is 8.53. The Morgan fingerprint density at radius 3 is 2.61 bits per heavy atom. The van der Waals surface area contributed by atoms with Crippen molar-refractivity contribution in [3.63, 3.8) is 0 Å². The van der Waals surface area contributed by atoms with Gasteiger partial charge in [0.25, 0.3) is 0 Å². The van der Waals surface area contributed by atoms with Crippen molar-refractivity contribution in [2.45, 2.75) is 44.9 Å². The molecule has 0 aliphatic heterocycles. The standard InChI is InChI=1S/C15H23N3O4S/c1-6-21-12(19)10-9-17-13(23-5)18-11(10)7-8-16-14(20)22-15(2,3)4/h9H,6-8H2,1-5H3,(H,16,20). The minimum atomic E-state index is -0.554. The van der Waals surface area contributed by atoms with Crippen LogP contribution in [-0.4, -0.2) is 47.0 Å². The number of carbonyl (C=O) groups is 2. The third kappa shape index (κ3) is 6.85. The van der Waals surface area contributed by atoms with Gasteiger partial charge in [-0.25, -0.2) is 19.6 Å². The molecule has 1 heterocycles. The highest BCUT2D eigenvalue weighted by molar-refractivity contribution is 7.98. The molecule has 0 aliphatic carbocycles. The average molecular weight is 341 g/mol. The summed E-state index contributed by atoms with van der Waals surface area (Å²) in [4.78, 5) is 32.0. The molecule has 0 bridgehead atoms. The maximum absolute atomic E-state index is 11.9. The number of amides is 1. The molecule has 0 aromatic carbocycles. The highest BCUT2D eigenvalue weighted by Gasteiger charge is 2.18. The van der Waals surface area contributed by atoms with E-state index in [1.54, 1.807) is 27.7 Å². The van der Waals surface area contributed by atoms with Crippen LogP contribution in [0.1, 0.15) is 43.7 Å². The van der Waals surface area contributed by atoms with E-state index in [0.717, 1.165) is 0 Å². The lowest BCUT2D eigenvalue weighted by Crippen LogP contribution is -2.33. The van der Waals surface area contributed by atoms with Crippen LogP contribution in [-0.2, 0) is 15.9 Å². The molecule has 1 rings (SSSR count). The molecule has 0 saturated carbocycles. The van der Waals surface area contributed by atoms with Gasteiger partial charge in [0, 0.05) is 19.2 Å². The summed E-state index contributed by atoms with van der Waals surface area (Å²) in [6.45, 7) is 7.69. The maximum Gasteiger partial charge on any atom is 0.407 e. The zero-order chi connectivity index (χ0) is 17.5. The maximum atomic E-state index is 11.9. The zero-order valence-corrected chi connectivity index (χ0v) is 15.0. The number of nitrogens with zero attached hydrogens (tertiary/aromatic N) is 2. The van der Waals surface area contributed by atoms with Crippen molar-refractivity contribution < 1.29 is 19.1 Å². The van der Waals surface area contributed by atoms with E-state index in [9.17, 15) is 9.59 Å². The molecule has 1 amide bonds. The van der Waals surface area contributed by atoms with E-state index in [-0.39, 0.29) is 6.61 Å². The fourth-order valence-electron chi connectivity index (χ4n) is 1.66. The van der Waals surface area contributed by atoms with Crippen molar-refractivity contribution in [3.05, 3.63) is 17.5 Å². The topological polar surface area (TPSA) is 90.4 Å². The van der Waals surface area contributed by atoms with Gasteiger partial charge in [0.2, 0.25) is 0 Å². The second-order valence-corrected chi connectivity index (χ2v) is 6.39. The Bertz CT molecular complexity index is 558. The fraction of sp³-hybridized carbons (Fsp3) is 0.600. The van der Waals surface area contributed by atoms with Crippen LogP contribution in [0, 0.1) is 0 Å². The molecule has 1 N–H and O–H groups in total. The summed E-state index contributed by atoms with van der Waals surface area (Å²) in [5.41, 5.74) is 0.302. The van der Waals surface area contributed by atoms with Crippen LogP contribution in [0.2, 0.25) is 0 Å². The number of esters is 1. The molecule has 0 atom stereocenters. The summed E-state index contributed by atoms with van der Waals surface area (Å²) >= 11 is 1.38. The number of ether oxygens (including phenoxy) is 2. The first-order valence-electron chi connectivity index (χ1n) is 7.30. The molecule has 0 unspecified atom stereocenters. The molecule has 0 radical (unpaired) electrons. The number of aromatic nitrogens is 2. The summed E-state index contributed by atoms with van der Waals surface area (Å²) in [6, 6.07) is 0. The van der Waals surface area contributed by atoms with Crippen molar-refractivity contribution in [2.75, 3.05) is 19.4 Å². The van der Waals surface area contributed by atoms with Gasteiger partial charge in [-0.2, -0.15) is 0 Å². The van der Waals surface area contributed by atoms with Gasteiger partial charge in [0.1, 0.15) is 5.60 Å². The van der Waals surface area contributed by atoms with Crippen molar-refractivity contribution >= 4 is 23.8 Å². The zero-order valence-electron chi connectivity index (χ0n) is 14.1. The molecule has 1 aromatic rings. The van der Waals surface area contributed by atoms with Gasteiger partial charge >= 0.3 is 12.1 Å². The van der Waals surface area contributed by atoms with E-state index in [4.69, 9.17) is 9.47 Å². The number of carbonyl (C=O) groups excluding carboxylic acids is 2. The molecule has 0 fully saturated rings. The highest BCUT2D eigenvalue weighted by Crippen LogP contribution is 2.14. The molecule has 0 spiro atoms. The fourth-order valence-corrected chi connectivity index (χ4v) is 2.02. The molecule has 128 valence electrons. The summed E-state index contributed by atoms with van der Waals surface area (Å²) in [5.74, 6) is -0.465. The normalized spacial score (nSPS) is 11.0. The number of hydrogen-bond donors (Lipinski definition) is 1. The van der Waals surface area contributed by atoms with E-state index in [2.05, 4.69) is 15.3 Å². The largest absolute Gasteiger partial charge is 0.462 e. The second kappa shape index (κ2) is 8.71. The quantitative estimate of drug-likeness (QED) is 0.483. The van der Waals surface area contributed by atoms with Crippen LogP contribution in [0.25, 0.3) is 0 Å². The predicted molar refractivity (Wildman–Crippen MR) is 87.7 cm³/mol. The number of thioether (sulfide) groups is 1. The van der Waals surface area contributed by atoms with Crippen molar-refractivity contribution in [2.24, 2.45) is 0 Å². The molecule has 7 nitrogen and oxygen atoms in total. The van der Waals surface area contributed by atoms with Gasteiger partial charge in [-0.1, -0.05) is 11.8 Å². The van der Waals surface area contributed by atoms with Crippen LogP contribution >= 0.6 is 11.8 Å². The van der Waals surface area contributed by atoms with E-state index >= 15 is 0 Å². The Hall–Kier alpha value is -1.83. The molecular weight excluding hydrogens is 318 g/mol. The second-order valence-electron chi connectivity index (χ2n) is 5.62. The van der Waals surface area contributed by atoms with Crippen LogP contribution in [0.5, 0.6) is 0 Å². The minimum Gasteiger partial charge on any atom is -0.462 e. The van der Waals surface area contributed by atoms with Crippen molar-refractivity contribution in [1.82, 2.24) is 15.3 Å². The lowest BCUT2D eigenvalue weighted by atomic mass is 10.2. The van der Waals surface area contributed by atoms with Crippen molar-refractivity contribution in [3.8, 4) is 0 Å². The first-order chi connectivity index (χ1) is 10.8. The Kier molecular flexibility index (Phi) is 7.28. The third-order valence-corrected chi connectivity index (χ3v) is 3.12. The minimum absolute atomic E-state index is 0.276. The van der Waals surface area contributed by atoms with Gasteiger partial charge in [-0.3, -0.25) is 0 Å². The number of nitrogens with one attached hydrogen (secondary N) is 1. The molecular formula is C15H23N3O4S. The Labute approximate surface area is 140 Å². The molecule has 0 aliphatic rings. The van der Waals surface area contributed by atoms with Crippen LogP contribution in [0.15, 0.2) is 11.4 Å². The van der Waals surface area contributed by atoms with Crippen LogP contribution < -0.4 is 5.32 Å². The first kappa shape index (κ1) is 19.2. The molecule has 1 aromatic heterocycles. The van der Waals surface area contributed by atoms with E-state index in [0.29, 0.717) is 29.4 Å². The Balaban J connectivity index is 2.73. The lowest BCUT2D eigenvalue weighted by Gasteiger charge is -2.19. The van der Waals surface area contributed by atoms with Gasteiger partial charge in [0.05, 0.1) is 17.9 Å². The van der Waals surface area contributed by atoms with E-state index < -0.39 is 17.7 Å². The van der Waals surface area contributed by atoms with Gasteiger partial charge in [0.15, 0.2) is 5.16 Å². The number of rotatable bonds is 6. The van der Waals surface area contributed by atoms with E-state index in [1.807, 2.05) is 6.26 Å². The number of hydrogen-bond acceptors (Lipinski definition) is 7. The monoisotopic (exact) mass is 341 g/mol. The summed E-state index contributed by atoms with van der Waals surface area (Å²) in [7, 11) is 0. The van der Waals surface area contributed by atoms with Crippen LogP contribution in [0.4, 0.5) is 4.79 Å². The highest BCUT2D eigenvalue weighted by atomic mass is 32.2. The third-order valence-electron chi connectivity index (χ3n) is 2.55. The van der Waals surface area contributed by atoms with Gasteiger partial charge in [-0.05, 0) is 34.0 Å². The summed E-state index contributed by atoms with van der Waals surface area (Å²) in [5, 5.41) is 3.20. The number of alkyl carbamates (subject to hydrolysis) is 1. The smallest absolute Gasteiger partial charge is 0.407 e. The molecule has 0 saturated heterocycles. The molecule has 23 heavy (non-hydrogen) atoms. The van der Waals surface area contributed by atoms with Gasteiger partial charge in [-0.15, -0.1) is 0 Å². The SMILES string of the molecule is CCOC(=O)c1cnc(SC)nc1CCNC(=O)OC(C)(C)C. The van der Waals surface area contributed by atoms with E-state index in [1.165, 1.54) is 18.0 Å². The molecule has 8 heteroatoms. The summed E-state index contributed by atoms with van der Waals surface area (Å²) < 4.78 is 10.2. The predicted octanol–water partition coefficient (Wildman–Crippen LogP) is 2.44.